The number of nitriles is 1. The first-order valence-electron chi connectivity index (χ1n) is 17.1. The van der Waals surface area contributed by atoms with Crippen molar-refractivity contribution in [2.75, 3.05) is 33.9 Å². The summed E-state index contributed by atoms with van der Waals surface area (Å²) in [5, 5.41) is 9.73. The van der Waals surface area contributed by atoms with Crippen molar-refractivity contribution in [1.29, 1.82) is 5.26 Å². The Bertz CT molecular complexity index is 1830. The molecule has 0 saturated carbocycles. The fraction of sp³-hybridized carbons (Fsp3) is 0.475. The van der Waals surface area contributed by atoms with E-state index in [9.17, 15) is 14.9 Å². The maximum atomic E-state index is 13.4. The first-order chi connectivity index (χ1) is 23.2. The molecule has 3 heterocycles. The molecule has 1 amide bonds. The molecule has 9 heteroatoms. The third-order valence-corrected chi connectivity index (χ3v) is 9.91. The number of amides is 1. The maximum Gasteiger partial charge on any atom is 0.264 e. The van der Waals surface area contributed by atoms with Gasteiger partial charge >= 0.3 is 0 Å². The number of methoxy groups -OCH3 is 2. The second-order valence-corrected chi connectivity index (χ2v) is 14.5. The lowest BCUT2D eigenvalue weighted by molar-refractivity contribution is -0.129. The van der Waals surface area contributed by atoms with Gasteiger partial charge in [0, 0.05) is 50.6 Å². The number of fused-ring (bicyclic) bond motifs is 1. The molecular weight excluding hydrogens is 616 g/mol. The lowest BCUT2D eigenvalue weighted by Crippen LogP contribution is -2.40. The van der Waals surface area contributed by atoms with Crippen LogP contribution in [0.4, 0.5) is 0 Å². The van der Waals surface area contributed by atoms with Crippen molar-refractivity contribution >= 4 is 5.91 Å². The van der Waals surface area contributed by atoms with Gasteiger partial charge in [0.1, 0.15) is 35.0 Å². The molecule has 3 aromatic rings. The van der Waals surface area contributed by atoms with Gasteiger partial charge in [0.05, 0.1) is 25.8 Å². The third kappa shape index (κ3) is 7.70. The van der Waals surface area contributed by atoms with Crippen molar-refractivity contribution in [2.45, 2.75) is 79.5 Å². The Balaban J connectivity index is 1.26. The number of benzene rings is 2. The lowest BCUT2D eigenvalue weighted by atomic mass is 9.90. The van der Waals surface area contributed by atoms with Crippen molar-refractivity contribution in [3.8, 4) is 34.4 Å². The monoisotopic (exact) mass is 666 g/mol. The normalized spacial score (nSPS) is 17.3. The van der Waals surface area contributed by atoms with Crippen LogP contribution < -0.4 is 19.8 Å². The van der Waals surface area contributed by atoms with Crippen molar-refractivity contribution in [1.82, 2.24) is 14.4 Å². The van der Waals surface area contributed by atoms with E-state index in [-0.39, 0.29) is 34.6 Å². The van der Waals surface area contributed by atoms with Crippen LogP contribution in [0.1, 0.15) is 74.4 Å². The Hall–Kier alpha value is -4.55. The molecule has 2 aliphatic rings. The molecule has 1 aromatic heterocycles. The molecule has 2 aliphatic heterocycles. The van der Waals surface area contributed by atoms with Crippen molar-refractivity contribution < 1.29 is 19.0 Å². The van der Waals surface area contributed by atoms with Crippen LogP contribution in [0, 0.1) is 30.6 Å². The molecule has 1 fully saturated rings. The Morgan fingerprint density at radius 2 is 1.67 bits per heavy atom. The number of aryl methyl sites for hydroxylation is 1. The van der Waals surface area contributed by atoms with Crippen LogP contribution in [0.2, 0.25) is 0 Å². The van der Waals surface area contributed by atoms with Gasteiger partial charge in [-0.3, -0.25) is 14.5 Å². The molecule has 1 atom stereocenters. The molecule has 0 aliphatic carbocycles. The summed E-state index contributed by atoms with van der Waals surface area (Å²) >= 11 is 0. The van der Waals surface area contributed by atoms with Crippen LogP contribution in [-0.4, -0.2) is 60.2 Å². The van der Waals surface area contributed by atoms with Crippen molar-refractivity contribution in [3.05, 3.63) is 86.3 Å². The molecular formula is C40H50N4O5. The molecule has 49 heavy (non-hydrogen) atoms. The second kappa shape index (κ2) is 14.5. The number of piperidine rings is 1. The summed E-state index contributed by atoms with van der Waals surface area (Å²) in [6.45, 7) is 14.8. The van der Waals surface area contributed by atoms with E-state index in [0.29, 0.717) is 13.1 Å². The lowest BCUT2D eigenvalue weighted by Gasteiger charge is -2.36. The van der Waals surface area contributed by atoms with Crippen molar-refractivity contribution in [3.63, 3.8) is 0 Å². The van der Waals surface area contributed by atoms with Gasteiger partial charge in [-0.1, -0.05) is 32.9 Å². The molecule has 9 nitrogen and oxygen atoms in total. The van der Waals surface area contributed by atoms with Crippen LogP contribution in [0.15, 0.2) is 53.0 Å². The smallest absolute Gasteiger partial charge is 0.264 e. The number of hydrogen-bond acceptors (Lipinski definition) is 7. The Labute approximate surface area is 290 Å². The number of nitrogens with zero attached hydrogens (tertiary/aromatic N) is 4. The predicted octanol–water partition coefficient (Wildman–Crippen LogP) is 6.67. The van der Waals surface area contributed by atoms with E-state index in [1.165, 1.54) is 5.56 Å². The molecule has 260 valence electrons. The molecule has 5 rings (SSSR count). The summed E-state index contributed by atoms with van der Waals surface area (Å²) in [5.41, 5.74) is 6.81. The number of likely N-dealkylation sites (tertiary alicyclic amines) is 1. The quantitative estimate of drug-likeness (QED) is 0.196. The van der Waals surface area contributed by atoms with Gasteiger partial charge < -0.3 is 23.7 Å². The summed E-state index contributed by atoms with van der Waals surface area (Å²) in [6.07, 6.45) is 6.21. The average Bonchev–Trinajstić information content (AvgIpc) is 3.08. The highest BCUT2D eigenvalue weighted by molar-refractivity contribution is 5.97. The highest BCUT2D eigenvalue weighted by Gasteiger charge is 2.31. The van der Waals surface area contributed by atoms with Crippen LogP contribution in [0.5, 0.6) is 17.2 Å². The van der Waals surface area contributed by atoms with Gasteiger partial charge in [-0.15, -0.1) is 0 Å². The first-order valence-corrected chi connectivity index (χ1v) is 17.1. The zero-order valence-corrected chi connectivity index (χ0v) is 30.5. The van der Waals surface area contributed by atoms with Crippen molar-refractivity contribution in [2.24, 2.45) is 12.5 Å². The molecule has 0 spiro atoms. The number of ether oxygens (including phenoxy) is 3. The minimum absolute atomic E-state index is 0.00309. The molecule has 2 aromatic carbocycles. The molecule has 0 bridgehead atoms. The van der Waals surface area contributed by atoms with Gasteiger partial charge in [0.15, 0.2) is 0 Å². The number of pyridine rings is 1. The fourth-order valence-electron chi connectivity index (χ4n) is 7.04. The SMILES string of the molecule is COc1cc(-c2cn(C)c(=O)c(C)c2C)cc(OC)c1CN1CCC(Oc2ccc3c(c2)C(C)N(C(=O)C(C#N)=CC(C)(C)C)CC3)CC1. The van der Waals surface area contributed by atoms with E-state index in [1.807, 2.05) is 70.8 Å². The van der Waals surface area contributed by atoms with Crippen LogP contribution in [0.25, 0.3) is 11.1 Å². The van der Waals surface area contributed by atoms with E-state index in [4.69, 9.17) is 14.2 Å². The summed E-state index contributed by atoms with van der Waals surface area (Å²) < 4.78 is 19.9. The number of rotatable bonds is 8. The van der Waals surface area contributed by atoms with Crippen LogP contribution >= 0.6 is 0 Å². The summed E-state index contributed by atoms with van der Waals surface area (Å²) in [6, 6.07) is 12.3. The molecule has 1 saturated heterocycles. The number of carbonyl (C=O) groups is 1. The fourth-order valence-corrected chi connectivity index (χ4v) is 7.04. The summed E-state index contributed by atoms with van der Waals surface area (Å²) in [7, 11) is 5.14. The Morgan fingerprint density at radius 3 is 2.27 bits per heavy atom. The Morgan fingerprint density at radius 1 is 1.02 bits per heavy atom. The molecule has 1 unspecified atom stereocenters. The van der Waals surface area contributed by atoms with Crippen LogP contribution in [-0.2, 0) is 24.8 Å². The van der Waals surface area contributed by atoms with Gasteiger partial charge in [-0.2, -0.15) is 5.26 Å². The van der Waals surface area contributed by atoms with Gasteiger partial charge in [0.25, 0.3) is 11.5 Å². The number of aromatic nitrogens is 1. The van der Waals surface area contributed by atoms with E-state index >= 15 is 0 Å². The topological polar surface area (TPSA) is 97.0 Å². The molecule has 0 radical (unpaired) electrons. The summed E-state index contributed by atoms with van der Waals surface area (Å²) in [5.74, 6) is 2.11. The molecule has 0 N–H and O–H groups in total. The Kier molecular flexibility index (Phi) is 10.6. The third-order valence-electron chi connectivity index (χ3n) is 9.91. The zero-order chi connectivity index (χ0) is 35.6. The van der Waals surface area contributed by atoms with E-state index in [2.05, 4.69) is 23.1 Å². The van der Waals surface area contributed by atoms with Crippen LogP contribution in [0.3, 0.4) is 0 Å². The highest BCUT2D eigenvalue weighted by Crippen LogP contribution is 2.38. The number of hydrogen-bond donors (Lipinski definition) is 0. The standard InChI is InChI=1S/C40H50N4O5/c1-25-26(2)38(45)42(7)23-34(25)29-18-36(47-8)35(37(19-29)48-9)24-43-15-13-31(14-16-43)49-32-11-10-28-12-17-44(27(3)33(28)20-32)39(46)30(22-41)21-40(4,5)6/h10-11,18-21,23,27,31H,12-17,24H2,1-9H3. The van der Waals surface area contributed by atoms with Gasteiger partial charge in [-0.05, 0) is 92.0 Å². The zero-order valence-electron chi connectivity index (χ0n) is 30.5. The highest BCUT2D eigenvalue weighted by atomic mass is 16.5. The first kappa shape index (κ1) is 35.7. The summed E-state index contributed by atoms with van der Waals surface area (Å²) in [4.78, 5) is 30.1. The van der Waals surface area contributed by atoms with E-state index < -0.39 is 0 Å². The maximum absolute atomic E-state index is 13.4. The number of allylic oxidation sites excluding steroid dienone is 1. The second-order valence-electron chi connectivity index (χ2n) is 14.5. The minimum atomic E-state index is -0.263. The predicted molar refractivity (Wildman–Crippen MR) is 192 cm³/mol. The largest absolute Gasteiger partial charge is 0.496 e. The number of carbonyl (C=O) groups excluding carboxylic acids is 1. The average molecular weight is 667 g/mol. The van der Waals surface area contributed by atoms with Gasteiger partial charge in [-0.25, -0.2) is 0 Å². The van der Waals surface area contributed by atoms with E-state index in [0.717, 1.165) is 83.0 Å². The van der Waals surface area contributed by atoms with Gasteiger partial charge in [0.2, 0.25) is 0 Å². The van der Waals surface area contributed by atoms with E-state index in [1.54, 1.807) is 31.9 Å². The minimum Gasteiger partial charge on any atom is -0.496 e.